The Bertz CT molecular complexity index is 445. The van der Waals surface area contributed by atoms with Gasteiger partial charge >= 0.3 is 0 Å². The molecule has 22 heavy (non-hydrogen) atoms. The first-order chi connectivity index (χ1) is 10.6. The second-order valence-corrected chi connectivity index (χ2v) is 6.78. The number of benzene rings is 1. The molecule has 0 saturated carbocycles. The fourth-order valence-corrected chi connectivity index (χ4v) is 2.80. The summed E-state index contributed by atoms with van der Waals surface area (Å²) in [5, 5.41) is 0.789. The average Bonchev–Trinajstić information content (AvgIpc) is 2.50. The van der Waals surface area contributed by atoms with E-state index in [0.29, 0.717) is 5.92 Å². The summed E-state index contributed by atoms with van der Waals surface area (Å²) in [6, 6.07) is 5.97. The smallest absolute Gasteiger partial charge is 0.122 e. The van der Waals surface area contributed by atoms with E-state index in [-0.39, 0.29) is 0 Å². The number of ether oxygens (including phenoxy) is 2. The van der Waals surface area contributed by atoms with Crippen LogP contribution in [0.15, 0.2) is 18.2 Å². The Morgan fingerprint density at radius 1 is 1.27 bits per heavy atom. The van der Waals surface area contributed by atoms with E-state index in [4.69, 9.17) is 21.1 Å². The second-order valence-electron chi connectivity index (χ2n) is 6.34. The zero-order chi connectivity index (χ0) is 15.8. The van der Waals surface area contributed by atoms with Gasteiger partial charge in [0, 0.05) is 18.1 Å². The Balaban J connectivity index is 1.83. The highest BCUT2D eigenvalue weighted by atomic mass is 35.5. The maximum absolute atomic E-state index is 6.15. The van der Waals surface area contributed by atoms with E-state index < -0.39 is 0 Å². The first kappa shape index (κ1) is 17.6. The van der Waals surface area contributed by atoms with Gasteiger partial charge in [-0.05, 0) is 55.5 Å². The van der Waals surface area contributed by atoms with E-state index in [0.717, 1.165) is 69.5 Å². The number of hydrogen-bond acceptors (Lipinski definition) is 3. The summed E-state index contributed by atoms with van der Waals surface area (Å²) in [5.41, 5.74) is 1.23. The number of rotatable bonds is 8. The van der Waals surface area contributed by atoms with Crippen LogP contribution in [-0.2, 0) is 11.2 Å². The molecule has 124 valence electrons. The third-order valence-electron chi connectivity index (χ3n) is 4.00. The van der Waals surface area contributed by atoms with Crippen molar-refractivity contribution in [3.63, 3.8) is 0 Å². The van der Waals surface area contributed by atoms with Crippen LogP contribution in [-0.4, -0.2) is 44.4 Å². The van der Waals surface area contributed by atoms with Gasteiger partial charge in [-0.25, -0.2) is 0 Å². The lowest BCUT2D eigenvalue weighted by Gasteiger charge is -2.26. The third kappa shape index (κ3) is 6.15. The molecule has 0 spiro atoms. The number of aryl methyl sites for hydroxylation is 1. The minimum atomic E-state index is 0.664. The molecule has 0 radical (unpaired) electrons. The molecule has 0 unspecified atom stereocenters. The van der Waals surface area contributed by atoms with Gasteiger partial charge in [0.1, 0.15) is 5.75 Å². The van der Waals surface area contributed by atoms with Crippen LogP contribution >= 0.6 is 11.6 Å². The molecule has 1 aromatic rings. The molecule has 0 N–H and O–H groups in total. The predicted octanol–water partition coefficient (Wildman–Crippen LogP) is 4.03. The van der Waals surface area contributed by atoms with Crippen LogP contribution in [0.1, 0.15) is 32.3 Å². The van der Waals surface area contributed by atoms with Gasteiger partial charge in [-0.15, -0.1) is 0 Å². The van der Waals surface area contributed by atoms with Crippen molar-refractivity contribution < 1.29 is 9.47 Å². The van der Waals surface area contributed by atoms with Crippen LogP contribution in [0.2, 0.25) is 5.02 Å². The minimum Gasteiger partial charge on any atom is -0.493 e. The SMILES string of the molecule is CC(C)CCOc1ccc(Cl)cc1CCCN1CCOCC1. The molecule has 1 aliphatic rings. The Labute approximate surface area is 139 Å². The molecule has 1 aromatic carbocycles. The standard InChI is InChI=1S/C18H28ClNO2/c1-15(2)7-11-22-18-6-5-17(19)14-16(18)4-3-8-20-9-12-21-13-10-20/h5-6,14-15H,3-4,7-13H2,1-2H3. The first-order valence-corrected chi connectivity index (χ1v) is 8.74. The maximum atomic E-state index is 6.15. The van der Waals surface area contributed by atoms with Gasteiger partial charge < -0.3 is 9.47 Å². The Hall–Kier alpha value is -0.770. The van der Waals surface area contributed by atoms with Crippen molar-refractivity contribution in [3.8, 4) is 5.75 Å². The molecule has 0 atom stereocenters. The van der Waals surface area contributed by atoms with Gasteiger partial charge in [-0.1, -0.05) is 25.4 Å². The molecule has 1 saturated heterocycles. The van der Waals surface area contributed by atoms with Gasteiger partial charge in [-0.2, -0.15) is 0 Å². The summed E-state index contributed by atoms with van der Waals surface area (Å²) >= 11 is 6.15. The van der Waals surface area contributed by atoms with Gasteiger partial charge in [0.05, 0.1) is 19.8 Å². The molecule has 0 amide bonds. The molecule has 1 heterocycles. The second kappa shape index (κ2) is 9.39. The molecule has 3 nitrogen and oxygen atoms in total. The van der Waals surface area contributed by atoms with Gasteiger partial charge in [0.25, 0.3) is 0 Å². The fraction of sp³-hybridized carbons (Fsp3) is 0.667. The van der Waals surface area contributed by atoms with Crippen LogP contribution in [0.25, 0.3) is 0 Å². The van der Waals surface area contributed by atoms with Crippen LogP contribution < -0.4 is 4.74 Å². The van der Waals surface area contributed by atoms with Crippen molar-refractivity contribution >= 4 is 11.6 Å². The molecule has 0 bridgehead atoms. The quantitative estimate of drug-likeness (QED) is 0.720. The predicted molar refractivity (Wildman–Crippen MR) is 92.0 cm³/mol. The molecule has 0 aliphatic carbocycles. The summed E-state index contributed by atoms with van der Waals surface area (Å²) in [6.45, 7) is 10.1. The molecule has 0 aromatic heterocycles. The molecule has 4 heteroatoms. The van der Waals surface area contributed by atoms with Crippen molar-refractivity contribution in [2.45, 2.75) is 33.1 Å². The van der Waals surface area contributed by atoms with E-state index >= 15 is 0 Å². The van der Waals surface area contributed by atoms with E-state index in [1.54, 1.807) is 0 Å². The number of halogens is 1. The van der Waals surface area contributed by atoms with Crippen molar-refractivity contribution in [2.24, 2.45) is 5.92 Å². The van der Waals surface area contributed by atoms with Crippen molar-refractivity contribution in [2.75, 3.05) is 39.5 Å². The van der Waals surface area contributed by atoms with E-state index in [1.807, 2.05) is 18.2 Å². The average molecular weight is 326 g/mol. The van der Waals surface area contributed by atoms with Gasteiger partial charge in [0.2, 0.25) is 0 Å². The molecule has 2 rings (SSSR count). The van der Waals surface area contributed by atoms with Gasteiger partial charge in [0.15, 0.2) is 0 Å². The van der Waals surface area contributed by atoms with E-state index in [2.05, 4.69) is 18.7 Å². The number of hydrogen-bond donors (Lipinski definition) is 0. The zero-order valence-electron chi connectivity index (χ0n) is 13.8. The molecule has 1 fully saturated rings. The van der Waals surface area contributed by atoms with Crippen LogP contribution in [0.3, 0.4) is 0 Å². The van der Waals surface area contributed by atoms with Crippen LogP contribution in [0.5, 0.6) is 5.75 Å². The Morgan fingerprint density at radius 2 is 2.05 bits per heavy atom. The number of morpholine rings is 1. The largest absolute Gasteiger partial charge is 0.493 e. The van der Waals surface area contributed by atoms with E-state index in [1.165, 1.54) is 5.56 Å². The van der Waals surface area contributed by atoms with Crippen LogP contribution in [0, 0.1) is 5.92 Å². The summed E-state index contributed by atoms with van der Waals surface area (Å²) in [7, 11) is 0. The third-order valence-corrected chi connectivity index (χ3v) is 4.23. The summed E-state index contributed by atoms with van der Waals surface area (Å²) in [6.07, 6.45) is 3.21. The topological polar surface area (TPSA) is 21.7 Å². The minimum absolute atomic E-state index is 0.664. The van der Waals surface area contributed by atoms with Crippen molar-refractivity contribution in [1.29, 1.82) is 0 Å². The molecular weight excluding hydrogens is 298 g/mol. The maximum Gasteiger partial charge on any atom is 0.122 e. The lowest BCUT2D eigenvalue weighted by molar-refractivity contribution is 0.0374. The molecule has 1 aliphatic heterocycles. The van der Waals surface area contributed by atoms with Crippen molar-refractivity contribution in [3.05, 3.63) is 28.8 Å². The highest BCUT2D eigenvalue weighted by molar-refractivity contribution is 6.30. The number of nitrogens with zero attached hydrogens (tertiary/aromatic N) is 1. The summed E-state index contributed by atoms with van der Waals surface area (Å²) in [4.78, 5) is 2.47. The Kier molecular flexibility index (Phi) is 7.50. The van der Waals surface area contributed by atoms with Gasteiger partial charge in [-0.3, -0.25) is 4.90 Å². The Morgan fingerprint density at radius 3 is 2.77 bits per heavy atom. The normalized spacial score (nSPS) is 16.2. The first-order valence-electron chi connectivity index (χ1n) is 8.36. The highest BCUT2D eigenvalue weighted by Crippen LogP contribution is 2.25. The zero-order valence-corrected chi connectivity index (χ0v) is 14.6. The van der Waals surface area contributed by atoms with E-state index in [9.17, 15) is 0 Å². The lowest BCUT2D eigenvalue weighted by atomic mass is 10.1. The van der Waals surface area contributed by atoms with Crippen molar-refractivity contribution in [1.82, 2.24) is 4.90 Å². The monoisotopic (exact) mass is 325 g/mol. The highest BCUT2D eigenvalue weighted by Gasteiger charge is 2.11. The summed E-state index contributed by atoms with van der Waals surface area (Å²) < 4.78 is 11.3. The lowest BCUT2D eigenvalue weighted by Crippen LogP contribution is -2.36. The molecular formula is C18H28ClNO2. The summed E-state index contributed by atoms with van der Waals surface area (Å²) in [5.74, 6) is 1.66. The van der Waals surface area contributed by atoms with Crippen LogP contribution in [0.4, 0.5) is 0 Å². The fourth-order valence-electron chi connectivity index (χ4n) is 2.61.